The standard InChI is InChI=1S/C12H10N4O4/c17-12(14-9-4-2-1-3-5-9)15-13-8-10-6-7-11(20-10)16(18)19/h1-8H,(H2,14,15,17)/b13-8-. The minimum atomic E-state index is -0.660. The van der Waals surface area contributed by atoms with Crippen LogP contribution in [0, 0.1) is 10.1 Å². The first-order valence-electron chi connectivity index (χ1n) is 5.54. The van der Waals surface area contributed by atoms with Crippen molar-refractivity contribution < 1.29 is 14.1 Å². The van der Waals surface area contributed by atoms with Crippen LogP contribution in [-0.4, -0.2) is 17.2 Å². The van der Waals surface area contributed by atoms with E-state index in [2.05, 4.69) is 15.8 Å². The van der Waals surface area contributed by atoms with Gasteiger partial charge in [0, 0.05) is 5.69 Å². The van der Waals surface area contributed by atoms with E-state index in [-0.39, 0.29) is 11.6 Å². The maximum Gasteiger partial charge on any atom is 0.433 e. The Kier molecular flexibility index (Phi) is 4.07. The Bertz CT molecular complexity index is 636. The van der Waals surface area contributed by atoms with Gasteiger partial charge in [-0.15, -0.1) is 0 Å². The molecule has 0 spiro atoms. The van der Waals surface area contributed by atoms with E-state index in [0.29, 0.717) is 5.69 Å². The highest BCUT2D eigenvalue weighted by Crippen LogP contribution is 2.13. The van der Waals surface area contributed by atoms with Crippen molar-refractivity contribution in [2.24, 2.45) is 5.10 Å². The van der Waals surface area contributed by atoms with E-state index in [9.17, 15) is 14.9 Å². The lowest BCUT2D eigenvalue weighted by atomic mass is 10.3. The second-order valence-corrected chi connectivity index (χ2v) is 3.62. The van der Waals surface area contributed by atoms with Crippen LogP contribution in [0.4, 0.5) is 16.4 Å². The van der Waals surface area contributed by atoms with Crippen molar-refractivity contribution in [3.05, 3.63) is 58.3 Å². The Balaban J connectivity index is 1.86. The molecule has 8 nitrogen and oxygen atoms in total. The minimum Gasteiger partial charge on any atom is -0.400 e. The molecule has 1 heterocycles. The molecule has 1 aromatic heterocycles. The van der Waals surface area contributed by atoms with Gasteiger partial charge in [0.05, 0.1) is 12.3 Å². The Morgan fingerprint density at radius 3 is 2.65 bits per heavy atom. The lowest BCUT2D eigenvalue weighted by Crippen LogP contribution is -2.24. The van der Waals surface area contributed by atoms with Gasteiger partial charge in [0.25, 0.3) is 0 Å². The fraction of sp³-hybridized carbons (Fsp3) is 0. The number of amides is 2. The Hall–Kier alpha value is -3.16. The average molecular weight is 274 g/mol. The third-order valence-corrected chi connectivity index (χ3v) is 2.18. The molecule has 2 rings (SSSR count). The van der Waals surface area contributed by atoms with Crippen molar-refractivity contribution in [3.8, 4) is 0 Å². The van der Waals surface area contributed by atoms with Crippen LogP contribution in [-0.2, 0) is 0 Å². The van der Waals surface area contributed by atoms with E-state index >= 15 is 0 Å². The summed E-state index contributed by atoms with van der Waals surface area (Å²) in [5, 5.41) is 16.5. The maximum atomic E-state index is 11.4. The SMILES string of the molecule is O=C(N/N=C\c1ccc([N+](=O)[O-])o1)Nc1ccccc1. The van der Waals surface area contributed by atoms with Crippen LogP contribution in [0.25, 0.3) is 0 Å². The van der Waals surface area contributed by atoms with Gasteiger partial charge in [-0.2, -0.15) is 5.10 Å². The molecular weight excluding hydrogens is 264 g/mol. The zero-order valence-electron chi connectivity index (χ0n) is 10.1. The first kappa shape index (κ1) is 13.3. The van der Waals surface area contributed by atoms with Gasteiger partial charge in [-0.1, -0.05) is 18.2 Å². The quantitative estimate of drug-likeness (QED) is 0.506. The second-order valence-electron chi connectivity index (χ2n) is 3.62. The molecule has 2 N–H and O–H groups in total. The highest BCUT2D eigenvalue weighted by Gasteiger charge is 2.10. The van der Waals surface area contributed by atoms with Crippen LogP contribution in [0.1, 0.15) is 5.76 Å². The molecule has 20 heavy (non-hydrogen) atoms. The zero-order chi connectivity index (χ0) is 14.4. The van der Waals surface area contributed by atoms with Crippen molar-refractivity contribution in [1.29, 1.82) is 0 Å². The van der Waals surface area contributed by atoms with Crippen molar-refractivity contribution >= 4 is 23.8 Å². The molecule has 0 aliphatic heterocycles. The average Bonchev–Trinajstić information content (AvgIpc) is 2.89. The molecule has 0 bridgehead atoms. The summed E-state index contributed by atoms with van der Waals surface area (Å²) in [4.78, 5) is 21.2. The van der Waals surface area contributed by atoms with Gasteiger partial charge in [0.1, 0.15) is 4.92 Å². The van der Waals surface area contributed by atoms with Crippen LogP contribution in [0.3, 0.4) is 0 Å². The summed E-state index contributed by atoms with van der Waals surface area (Å²) in [6.07, 6.45) is 1.16. The predicted octanol–water partition coefficient (Wildman–Crippen LogP) is 2.34. The van der Waals surface area contributed by atoms with Crippen LogP contribution in [0.5, 0.6) is 0 Å². The molecule has 0 saturated carbocycles. The van der Waals surface area contributed by atoms with Gasteiger partial charge < -0.3 is 9.73 Å². The number of furan rings is 1. The largest absolute Gasteiger partial charge is 0.433 e. The number of rotatable bonds is 4. The third-order valence-electron chi connectivity index (χ3n) is 2.18. The smallest absolute Gasteiger partial charge is 0.400 e. The summed E-state index contributed by atoms with van der Waals surface area (Å²) in [6, 6.07) is 10.9. The van der Waals surface area contributed by atoms with Gasteiger partial charge >= 0.3 is 11.9 Å². The number of nitro groups is 1. The molecule has 2 aromatic rings. The summed E-state index contributed by atoms with van der Waals surface area (Å²) in [6.45, 7) is 0. The fourth-order valence-electron chi connectivity index (χ4n) is 1.34. The lowest BCUT2D eigenvalue weighted by molar-refractivity contribution is -0.402. The van der Waals surface area contributed by atoms with Gasteiger partial charge in [0.15, 0.2) is 5.76 Å². The molecule has 0 radical (unpaired) electrons. The fourth-order valence-corrected chi connectivity index (χ4v) is 1.34. The Labute approximate surface area is 113 Å². The van der Waals surface area contributed by atoms with E-state index in [1.165, 1.54) is 12.1 Å². The summed E-state index contributed by atoms with van der Waals surface area (Å²) < 4.78 is 4.83. The maximum absolute atomic E-state index is 11.4. The van der Waals surface area contributed by atoms with Crippen molar-refractivity contribution in [1.82, 2.24) is 5.43 Å². The van der Waals surface area contributed by atoms with Crippen molar-refractivity contribution in [2.75, 3.05) is 5.32 Å². The van der Waals surface area contributed by atoms with E-state index in [1.807, 2.05) is 6.07 Å². The van der Waals surface area contributed by atoms with Gasteiger partial charge in [-0.25, -0.2) is 10.2 Å². The number of hydrogen-bond donors (Lipinski definition) is 2. The minimum absolute atomic E-state index is 0.164. The summed E-state index contributed by atoms with van der Waals surface area (Å²) in [5.74, 6) is -0.225. The van der Waals surface area contributed by atoms with E-state index < -0.39 is 11.0 Å². The second kappa shape index (κ2) is 6.14. The Morgan fingerprint density at radius 2 is 2.00 bits per heavy atom. The summed E-state index contributed by atoms with van der Waals surface area (Å²) in [7, 11) is 0. The molecule has 0 atom stereocenters. The number of hydrogen-bond acceptors (Lipinski definition) is 5. The number of hydrazone groups is 1. The van der Waals surface area contributed by atoms with Gasteiger partial charge in [-0.3, -0.25) is 10.1 Å². The topological polar surface area (TPSA) is 110 Å². The van der Waals surface area contributed by atoms with Crippen molar-refractivity contribution in [2.45, 2.75) is 0 Å². The summed E-state index contributed by atoms with van der Waals surface area (Å²) in [5.41, 5.74) is 2.83. The molecule has 2 amide bonds. The monoisotopic (exact) mass is 274 g/mol. The highest BCUT2D eigenvalue weighted by atomic mass is 16.6. The number of carbonyl (C=O) groups excluding carboxylic acids is 1. The number of urea groups is 1. The molecule has 0 saturated heterocycles. The van der Waals surface area contributed by atoms with E-state index in [4.69, 9.17) is 4.42 Å². The normalized spacial score (nSPS) is 10.4. The zero-order valence-corrected chi connectivity index (χ0v) is 10.1. The number of nitrogens with zero attached hydrogens (tertiary/aromatic N) is 2. The molecule has 1 aromatic carbocycles. The van der Waals surface area contributed by atoms with Crippen LogP contribution in [0.2, 0.25) is 0 Å². The summed E-state index contributed by atoms with van der Waals surface area (Å²) >= 11 is 0. The number of nitrogens with one attached hydrogen (secondary N) is 2. The van der Waals surface area contributed by atoms with E-state index in [1.54, 1.807) is 24.3 Å². The molecule has 0 unspecified atom stereocenters. The molecule has 0 aliphatic rings. The molecule has 0 aliphatic carbocycles. The van der Waals surface area contributed by atoms with Gasteiger partial charge in [-0.05, 0) is 18.2 Å². The van der Waals surface area contributed by atoms with E-state index in [0.717, 1.165) is 6.21 Å². The van der Waals surface area contributed by atoms with Crippen LogP contribution >= 0.6 is 0 Å². The third kappa shape index (κ3) is 3.67. The van der Waals surface area contributed by atoms with Crippen molar-refractivity contribution in [3.63, 3.8) is 0 Å². The lowest BCUT2D eigenvalue weighted by Gasteiger charge is -2.02. The first-order chi connectivity index (χ1) is 9.65. The molecule has 0 fully saturated rings. The number of para-hydroxylation sites is 1. The van der Waals surface area contributed by atoms with Crippen LogP contribution < -0.4 is 10.7 Å². The van der Waals surface area contributed by atoms with Crippen LogP contribution in [0.15, 0.2) is 52.0 Å². The number of carbonyl (C=O) groups is 1. The highest BCUT2D eigenvalue weighted by molar-refractivity contribution is 5.90. The predicted molar refractivity (Wildman–Crippen MR) is 71.6 cm³/mol. The van der Waals surface area contributed by atoms with Gasteiger partial charge in [0.2, 0.25) is 0 Å². The number of anilines is 1. The Morgan fingerprint density at radius 1 is 1.25 bits per heavy atom. The molecular formula is C12H10N4O4. The molecule has 102 valence electrons. The number of benzene rings is 1. The molecule has 8 heteroatoms. The first-order valence-corrected chi connectivity index (χ1v) is 5.54.